The molecule has 0 atom stereocenters. The van der Waals surface area contributed by atoms with Crippen LogP contribution in [0, 0.1) is 6.92 Å². The molecule has 114 valence electrons. The lowest BCUT2D eigenvalue weighted by atomic mass is 10.0. The molecule has 1 aliphatic rings. The maximum Gasteiger partial charge on any atom is 0.0907 e. The maximum absolute atomic E-state index is 4.56. The molecule has 1 N–H and O–H groups in total. The second kappa shape index (κ2) is 6.86. The molecule has 3 rings (SSSR count). The second-order valence-electron chi connectivity index (χ2n) is 5.99. The summed E-state index contributed by atoms with van der Waals surface area (Å²) in [5, 5.41) is 4.63. The molecule has 0 saturated carbocycles. The summed E-state index contributed by atoms with van der Waals surface area (Å²) in [5.74, 6) is 0. The summed E-state index contributed by atoms with van der Waals surface area (Å²) in [5.41, 5.74) is 2.57. The van der Waals surface area contributed by atoms with Gasteiger partial charge in [-0.05, 0) is 63.5 Å². The number of aromatic nitrogens is 1. The summed E-state index contributed by atoms with van der Waals surface area (Å²) in [6, 6.07) is 7.51. The van der Waals surface area contributed by atoms with Crippen LogP contribution in [0.3, 0.4) is 0 Å². The molecule has 0 bridgehead atoms. The first kappa shape index (κ1) is 14.9. The number of rotatable bonds is 5. The number of thiazole rings is 1. The summed E-state index contributed by atoms with van der Waals surface area (Å²) in [6.45, 7) is 8.97. The van der Waals surface area contributed by atoms with E-state index in [2.05, 4.69) is 47.2 Å². The number of benzene rings is 1. The normalized spacial score (nSPS) is 16.9. The predicted octanol–water partition coefficient (Wildman–Crippen LogP) is 3.57. The number of fused-ring (bicyclic) bond motifs is 1. The molecule has 0 amide bonds. The Morgan fingerprint density at radius 3 is 2.90 bits per heavy atom. The van der Waals surface area contributed by atoms with Crippen LogP contribution in [0.5, 0.6) is 0 Å². The van der Waals surface area contributed by atoms with E-state index in [0.29, 0.717) is 0 Å². The lowest BCUT2D eigenvalue weighted by Gasteiger charge is -2.34. The third-order valence-electron chi connectivity index (χ3n) is 4.28. The van der Waals surface area contributed by atoms with Crippen molar-refractivity contribution in [2.75, 3.05) is 19.6 Å². The fraction of sp³-hybridized carbons (Fsp3) is 0.588. The maximum atomic E-state index is 4.56. The molecule has 0 aliphatic carbocycles. The van der Waals surface area contributed by atoms with Gasteiger partial charge in [-0.2, -0.15) is 0 Å². The molecular formula is C17H25N3S. The molecule has 2 heterocycles. The molecule has 4 heteroatoms. The summed E-state index contributed by atoms with van der Waals surface area (Å²) in [4.78, 5) is 7.23. The molecule has 1 saturated heterocycles. The van der Waals surface area contributed by atoms with Gasteiger partial charge in [0.1, 0.15) is 0 Å². The number of hydrogen-bond donors (Lipinski definition) is 1. The van der Waals surface area contributed by atoms with Gasteiger partial charge in [0.05, 0.1) is 15.2 Å². The summed E-state index contributed by atoms with van der Waals surface area (Å²) < 4.78 is 1.33. The van der Waals surface area contributed by atoms with Crippen LogP contribution in [0.15, 0.2) is 18.2 Å². The number of aryl methyl sites for hydroxylation is 1. The molecule has 1 aromatic heterocycles. The minimum atomic E-state index is 0.741. The minimum Gasteiger partial charge on any atom is -0.317 e. The Morgan fingerprint density at radius 2 is 2.14 bits per heavy atom. The molecule has 0 radical (unpaired) electrons. The van der Waals surface area contributed by atoms with E-state index in [1.165, 1.54) is 36.1 Å². The van der Waals surface area contributed by atoms with Crippen LogP contribution in [0.4, 0.5) is 0 Å². The standard InChI is InChI=1S/C17H25N3S/c1-3-10-20(15-6-8-18-9-7-15)12-14-4-5-16-17(11-14)21-13(2)19-16/h4-5,11,15,18H,3,6-10,12H2,1-2H3. The summed E-state index contributed by atoms with van der Waals surface area (Å²) >= 11 is 1.80. The zero-order valence-corrected chi connectivity index (χ0v) is 13.9. The highest BCUT2D eigenvalue weighted by Gasteiger charge is 2.20. The van der Waals surface area contributed by atoms with Gasteiger partial charge in [0.2, 0.25) is 0 Å². The molecule has 1 fully saturated rings. The van der Waals surface area contributed by atoms with E-state index in [1.807, 2.05) is 0 Å². The van der Waals surface area contributed by atoms with Gasteiger partial charge in [-0.15, -0.1) is 11.3 Å². The van der Waals surface area contributed by atoms with Crippen molar-refractivity contribution in [1.29, 1.82) is 0 Å². The Bertz CT molecular complexity index is 587. The van der Waals surface area contributed by atoms with Gasteiger partial charge < -0.3 is 5.32 Å². The number of hydrogen-bond acceptors (Lipinski definition) is 4. The molecule has 2 aromatic rings. The van der Waals surface area contributed by atoms with Crippen LogP contribution in [0.1, 0.15) is 36.8 Å². The van der Waals surface area contributed by atoms with Crippen LogP contribution in [-0.2, 0) is 6.54 Å². The minimum absolute atomic E-state index is 0.741. The van der Waals surface area contributed by atoms with Gasteiger partial charge in [-0.25, -0.2) is 4.98 Å². The largest absolute Gasteiger partial charge is 0.317 e. The van der Waals surface area contributed by atoms with Gasteiger partial charge in [0.15, 0.2) is 0 Å². The van der Waals surface area contributed by atoms with Crippen molar-refractivity contribution in [2.45, 2.75) is 45.7 Å². The van der Waals surface area contributed by atoms with Crippen molar-refractivity contribution in [1.82, 2.24) is 15.2 Å². The SMILES string of the molecule is CCCN(Cc1ccc2nc(C)sc2c1)C1CCNCC1. The fourth-order valence-electron chi connectivity index (χ4n) is 3.27. The lowest BCUT2D eigenvalue weighted by Crippen LogP contribution is -2.43. The number of piperidine rings is 1. The van der Waals surface area contributed by atoms with Gasteiger partial charge >= 0.3 is 0 Å². The molecule has 1 aromatic carbocycles. The zero-order chi connectivity index (χ0) is 14.7. The van der Waals surface area contributed by atoms with Crippen LogP contribution in [0.25, 0.3) is 10.2 Å². The van der Waals surface area contributed by atoms with E-state index in [1.54, 1.807) is 11.3 Å². The Labute approximate surface area is 131 Å². The van der Waals surface area contributed by atoms with Crippen LogP contribution >= 0.6 is 11.3 Å². The van der Waals surface area contributed by atoms with Crippen LogP contribution in [0.2, 0.25) is 0 Å². The Hall–Kier alpha value is -0.970. The van der Waals surface area contributed by atoms with Crippen LogP contribution < -0.4 is 5.32 Å². The molecule has 0 unspecified atom stereocenters. The highest BCUT2D eigenvalue weighted by atomic mass is 32.1. The number of nitrogens with zero attached hydrogens (tertiary/aromatic N) is 2. The van der Waals surface area contributed by atoms with Gasteiger partial charge in [0, 0.05) is 12.6 Å². The highest BCUT2D eigenvalue weighted by molar-refractivity contribution is 7.18. The molecular weight excluding hydrogens is 278 g/mol. The van der Waals surface area contributed by atoms with E-state index < -0.39 is 0 Å². The fourth-order valence-corrected chi connectivity index (χ4v) is 4.16. The van der Waals surface area contributed by atoms with E-state index >= 15 is 0 Å². The van der Waals surface area contributed by atoms with Gasteiger partial charge in [0.25, 0.3) is 0 Å². The molecule has 21 heavy (non-hydrogen) atoms. The topological polar surface area (TPSA) is 28.2 Å². The molecule has 0 spiro atoms. The Morgan fingerprint density at radius 1 is 1.33 bits per heavy atom. The number of nitrogens with one attached hydrogen (secondary N) is 1. The van der Waals surface area contributed by atoms with Gasteiger partial charge in [-0.3, -0.25) is 4.90 Å². The average molecular weight is 303 g/mol. The van der Waals surface area contributed by atoms with Crippen molar-refractivity contribution in [2.24, 2.45) is 0 Å². The third kappa shape index (κ3) is 3.62. The van der Waals surface area contributed by atoms with Gasteiger partial charge in [-0.1, -0.05) is 13.0 Å². The first-order valence-electron chi connectivity index (χ1n) is 8.07. The molecule has 3 nitrogen and oxygen atoms in total. The van der Waals surface area contributed by atoms with Crippen molar-refractivity contribution >= 4 is 21.6 Å². The smallest absolute Gasteiger partial charge is 0.0907 e. The van der Waals surface area contributed by atoms with E-state index in [4.69, 9.17) is 0 Å². The van der Waals surface area contributed by atoms with E-state index in [-0.39, 0.29) is 0 Å². The van der Waals surface area contributed by atoms with Crippen LogP contribution in [-0.4, -0.2) is 35.6 Å². The van der Waals surface area contributed by atoms with Crippen molar-refractivity contribution in [3.63, 3.8) is 0 Å². The molecule has 1 aliphatic heterocycles. The third-order valence-corrected chi connectivity index (χ3v) is 5.21. The monoisotopic (exact) mass is 303 g/mol. The van der Waals surface area contributed by atoms with E-state index in [0.717, 1.165) is 36.2 Å². The lowest BCUT2D eigenvalue weighted by molar-refractivity contribution is 0.154. The zero-order valence-electron chi connectivity index (χ0n) is 13.1. The first-order chi connectivity index (χ1) is 10.3. The van der Waals surface area contributed by atoms with Crippen molar-refractivity contribution in [3.05, 3.63) is 28.8 Å². The second-order valence-corrected chi connectivity index (χ2v) is 7.22. The highest BCUT2D eigenvalue weighted by Crippen LogP contribution is 2.24. The van der Waals surface area contributed by atoms with Crippen molar-refractivity contribution in [3.8, 4) is 0 Å². The average Bonchev–Trinajstić information content (AvgIpc) is 2.87. The Balaban J connectivity index is 1.76. The Kier molecular flexibility index (Phi) is 4.88. The predicted molar refractivity (Wildman–Crippen MR) is 90.9 cm³/mol. The van der Waals surface area contributed by atoms with Crippen molar-refractivity contribution < 1.29 is 0 Å². The quantitative estimate of drug-likeness (QED) is 0.915. The van der Waals surface area contributed by atoms with E-state index in [9.17, 15) is 0 Å². The first-order valence-corrected chi connectivity index (χ1v) is 8.88. The summed E-state index contributed by atoms with van der Waals surface area (Å²) in [6.07, 6.45) is 3.79. The summed E-state index contributed by atoms with van der Waals surface area (Å²) in [7, 11) is 0.